The lowest BCUT2D eigenvalue weighted by Gasteiger charge is -2.36. The van der Waals surface area contributed by atoms with Gasteiger partial charge in [0.05, 0.1) is 16.6 Å². The molecular formula is C26H25N3O4. The maximum Gasteiger partial charge on any atom is 0.252 e. The van der Waals surface area contributed by atoms with Gasteiger partial charge in [0, 0.05) is 41.2 Å². The van der Waals surface area contributed by atoms with Crippen LogP contribution in [0.25, 0.3) is 21.9 Å². The Morgan fingerprint density at radius 2 is 1.88 bits per heavy atom. The lowest BCUT2D eigenvalue weighted by Crippen LogP contribution is -2.43. The number of nitrogens with zero attached hydrogens (tertiary/aromatic N) is 2. The molecule has 7 nitrogen and oxygen atoms in total. The van der Waals surface area contributed by atoms with E-state index in [0.29, 0.717) is 40.4 Å². The molecule has 2 aromatic carbocycles. The second-order valence-electron chi connectivity index (χ2n) is 8.54. The highest BCUT2D eigenvalue weighted by Gasteiger charge is 2.36. The van der Waals surface area contributed by atoms with Gasteiger partial charge in [0.1, 0.15) is 35.2 Å². The summed E-state index contributed by atoms with van der Waals surface area (Å²) in [6.45, 7) is 6.47. The second kappa shape index (κ2) is 7.92. The van der Waals surface area contributed by atoms with Crippen molar-refractivity contribution in [2.45, 2.75) is 39.2 Å². The fraction of sp³-hybridized carbons (Fsp3) is 0.269. The first-order chi connectivity index (χ1) is 15.9. The Hall–Kier alpha value is -3.87. The monoisotopic (exact) mass is 443 g/mol. The summed E-state index contributed by atoms with van der Waals surface area (Å²) in [5, 5.41) is 1.53. The number of hydrogen-bond acceptors (Lipinski definition) is 6. The predicted molar refractivity (Wildman–Crippen MR) is 128 cm³/mol. The van der Waals surface area contributed by atoms with Crippen molar-refractivity contribution >= 4 is 33.5 Å². The summed E-state index contributed by atoms with van der Waals surface area (Å²) < 4.78 is 17.9. The van der Waals surface area contributed by atoms with Gasteiger partial charge in [-0.3, -0.25) is 14.8 Å². The molecule has 0 bridgehead atoms. The predicted octanol–water partition coefficient (Wildman–Crippen LogP) is 5.57. The zero-order valence-electron chi connectivity index (χ0n) is 18.8. The quantitative estimate of drug-likeness (QED) is 0.402. The van der Waals surface area contributed by atoms with E-state index < -0.39 is 5.91 Å². The molecule has 0 radical (unpaired) electrons. The van der Waals surface area contributed by atoms with Crippen LogP contribution < -0.4 is 15.2 Å². The van der Waals surface area contributed by atoms with Crippen LogP contribution in [0.5, 0.6) is 17.2 Å². The van der Waals surface area contributed by atoms with Crippen LogP contribution in [0.15, 0.2) is 58.1 Å². The number of pyridine rings is 1. The number of nitrogens with two attached hydrogens (primary N) is 1. The van der Waals surface area contributed by atoms with E-state index in [2.05, 4.69) is 23.8 Å². The summed E-state index contributed by atoms with van der Waals surface area (Å²) in [5.41, 5.74) is 8.27. The van der Waals surface area contributed by atoms with E-state index in [1.54, 1.807) is 31.3 Å². The lowest BCUT2D eigenvalue weighted by atomic mass is 9.85. The zero-order chi connectivity index (χ0) is 23.2. The van der Waals surface area contributed by atoms with Gasteiger partial charge >= 0.3 is 0 Å². The van der Waals surface area contributed by atoms with Crippen molar-refractivity contribution in [1.82, 2.24) is 4.98 Å². The summed E-state index contributed by atoms with van der Waals surface area (Å²) in [5.74, 6) is 1.98. The molecule has 168 valence electrons. The van der Waals surface area contributed by atoms with Crippen LogP contribution in [-0.4, -0.2) is 28.7 Å². The van der Waals surface area contributed by atoms with Crippen LogP contribution in [0.4, 0.5) is 0 Å². The normalized spacial score (nSPS) is 17.6. The van der Waals surface area contributed by atoms with Gasteiger partial charge in [0.15, 0.2) is 0 Å². The van der Waals surface area contributed by atoms with Crippen LogP contribution in [0.3, 0.4) is 0 Å². The van der Waals surface area contributed by atoms with Gasteiger partial charge in [-0.25, -0.2) is 0 Å². The largest absolute Gasteiger partial charge is 0.491 e. The molecule has 0 fully saturated rings. The van der Waals surface area contributed by atoms with Crippen LogP contribution in [0.2, 0.25) is 0 Å². The molecule has 5 rings (SSSR count). The third-order valence-electron chi connectivity index (χ3n) is 6.16. The van der Waals surface area contributed by atoms with Crippen molar-refractivity contribution in [2.75, 3.05) is 6.61 Å². The fourth-order valence-corrected chi connectivity index (χ4v) is 4.45. The number of primary amides is 1. The molecule has 33 heavy (non-hydrogen) atoms. The van der Waals surface area contributed by atoms with E-state index in [1.807, 2.05) is 24.3 Å². The molecule has 1 unspecified atom stereocenters. The molecule has 0 spiro atoms. The smallest absolute Gasteiger partial charge is 0.252 e. The highest BCUT2D eigenvalue weighted by Crippen LogP contribution is 2.35. The molecule has 7 heteroatoms. The van der Waals surface area contributed by atoms with Crippen LogP contribution in [0.1, 0.15) is 42.8 Å². The van der Waals surface area contributed by atoms with Crippen molar-refractivity contribution in [2.24, 2.45) is 10.7 Å². The van der Waals surface area contributed by atoms with E-state index in [9.17, 15) is 4.79 Å². The number of rotatable bonds is 7. The molecule has 1 aliphatic rings. The molecule has 3 heterocycles. The molecule has 2 aromatic heterocycles. The molecular weight excluding hydrogens is 418 g/mol. The highest BCUT2D eigenvalue weighted by atomic mass is 16.5. The third kappa shape index (κ3) is 3.80. The summed E-state index contributed by atoms with van der Waals surface area (Å²) in [7, 11) is 0. The van der Waals surface area contributed by atoms with Gasteiger partial charge < -0.3 is 19.6 Å². The Balaban J connectivity index is 1.39. The maximum atomic E-state index is 11.7. The minimum absolute atomic E-state index is 0.103. The number of hydrogen-bond donors (Lipinski definition) is 1. The Kier molecular flexibility index (Phi) is 5.04. The number of ether oxygens (including phenoxy) is 2. The number of fused-ring (bicyclic) bond motifs is 2. The summed E-state index contributed by atoms with van der Waals surface area (Å²) in [4.78, 5) is 20.9. The Bertz CT molecular complexity index is 1420. The minimum Gasteiger partial charge on any atom is -0.491 e. The average molecular weight is 444 g/mol. The van der Waals surface area contributed by atoms with E-state index in [4.69, 9.17) is 19.6 Å². The van der Waals surface area contributed by atoms with E-state index in [0.717, 1.165) is 29.5 Å². The van der Waals surface area contributed by atoms with Gasteiger partial charge in [0.25, 0.3) is 5.91 Å². The van der Waals surface area contributed by atoms with E-state index in [-0.39, 0.29) is 5.54 Å². The van der Waals surface area contributed by atoms with Gasteiger partial charge in [-0.1, -0.05) is 6.92 Å². The topological polar surface area (TPSA) is 99.9 Å². The fourth-order valence-electron chi connectivity index (χ4n) is 4.45. The summed E-state index contributed by atoms with van der Waals surface area (Å²) in [6, 6.07) is 12.9. The standard InChI is InChI=1S/C26H25N3O4/c1-4-26(13-15(2)29-26)14-31-17-5-7-19-21(11-17)28-10-9-22(19)33-18-6-8-20-23(12-18)32-16(3)24(20)25(27)30/h5-12H,4,13-14H2,1-3H3,(H2,27,30). The van der Waals surface area contributed by atoms with Crippen molar-refractivity contribution < 1.29 is 18.7 Å². The number of amides is 1. The van der Waals surface area contributed by atoms with Crippen LogP contribution in [0, 0.1) is 6.92 Å². The number of furan rings is 1. The zero-order valence-corrected chi connectivity index (χ0v) is 18.8. The Morgan fingerprint density at radius 3 is 2.61 bits per heavy atom. The van der Waals surface area contributed by atoms with E-state index >= 15 is 0 Å². The first-order valence-corrected chi connectivity index (χ1v) is 11.0. The van der Waals surface area contributed by atoms with Crippen molar-refractivity contribution in [3.8, 4) is 17.2 Å². The number of aromatic nitrogens is 1. The summed E-state index contributed by atoms with van der Waals surface area (Å²) in [6.07, 6.45) is 3.64. The third-order valence-corrected chi connectivity index (χ3v) is 6.16. The minimum atomic E-state index is -0.512. The highest BCUT2D eigenvalue weighted by molar-refractivity contribution is 6.06. The number of aryl methyl sites for hydroxylation is 1. The van der Waals surface area contributed by atoms with Gasteiger partial charge in [-0.05, 0) is 50.6 Å². The van der Waals surface area contributed by atoms with Crippen LogP contribution in [-0.2, 0) is 0 Å². The second-order valence-corrected chi connectivity index (χ2v) is 8.54. The number of carbonyl (C=O) groups is 1. The Labute approximate surface area is 191 Å². The van der Waals surface area contributed by atoms with Gasteiger partial charge in [-0.15, -0.1) is 0 Å². The number of benzene rings is 2. The van der Waals surface area contributed by atoms with Crippen molar-refractivity contribution in [3.63, 3.8) is 0 Å². The number of aliphatic imine (C=N–C) groups is 1. The van der Waals surface area contributed by atoms with E-state index in [1.165, 1.54) is 5.71 Å². The van der Waals surface area contributed by atoms with Gasteiger partial charge in [-0.2, -0.15) is 0 Å². The molecule has 1 amide bonds. The molecule has 2 N–H and O–H groups in total. The molecule has 1 atom stereocenters. The van der Waals surface area contributed by atoms with Gasteiger partial charge in [0.2, 0.25) is 0 Å². The average Bonchev–Trinajstić information content (AvgIpc) is 3.11. The van der Waals surface area contributed by atoms with Crippen molar-refractivity contribution in [1.29, 1.82) is 0 Å². The summed E-state index contributed by atoms with van der Waals surface area (Å²) >= 11 is 0. The Morgan fingerprint density at radius 1 is 1.12 bits per heavy atom. The van der Waals surface area contributed by atoms with Crippen LogP contribution >= 0.6 is 0 Å². The lowest BCUT2D eigenvalue weighted by molar-refractivity contribution is 0.1000. The maximum absolute atomic E-state index is 11.7. The van der Waals surface area contributed by atoms with Crippen molar-refractivity contribution in [3.05, 3.63) is 60.0 Å². The SMILES string of the molecule is CCC1(COc2ccc3c(Oc4ccc5c(C(N)=O)c(C)oc5c4)ccnc3c2)CC(C)=N1. The number of carbonyl (C=O) groups excluding carboxylic acids is 1. The molecule has 4 aromatic rings. The molecule has 0 saturated carbocycles. The molecule has 0 saturated heterocycles. The molecule has 0 aliphatic carbocycles. The first kappa shape index (κ1) is 21.0. The first-order valence-electron chi connectivity index (χ1n) is 11.0. The molecule has 1 aliphatic heterocycles.